The first-order valence-electron chi connectivity index (χ1n) is 6.67. The van der Waals surface area contributed by atoms with Gasteiger partial charge in [-0.1, -0.05) is 26.7 Å². The van der Waals surface area contributed by atoms with Gasteiger partial charge in [-0.05, 0) is 24.5 Å². The van der Waals surface area contributed by atoms with Crippen LogP contribution in [0.25, 0.3) is 0 Å². The van der Waals surface area contributed by atoms with Crippen LogP contribution in [0.5, 0.6) is 0 Å². The van der Waals surface area contributed by atoms with Crippen molar-refractivity contribution in [2.24, 2.45) is 11.1 Å². The van der Waals surface area contributed by atoms with E-state index >= 15 is 0 Å². The molecule has 0 atom stereocenters. The Morgan fingerprint density at radius 3 is 2.60 bits per heavy atom. The third kappa shape index (κ3) is 6.49. The van der Waals surface area contributed by atoms with E-state index in [1.54, 1.807) is 6.07 Å². The zero-order chi connectivity index (χ0) is 15.2. The quantitative estimate of drug-likeness (QED) is 0.717. The molecule has 1 aromatic rings. The summed E-state index contributed by atoms with van der Waals surface area (Å²) in [7, 11) is -3.66. The number of carbonyl (C=O) groups is 1. The van der Waals surface area contributed by atoms with Crippen molar-refractivity contribution in [1.29, 1.82) is 0 Å². The zero-order valence-electron chi connectivity index (χ0n) is 11.9. The number of hydrogen-bond donors (Lipinski definition) is 2. The standard InChI is InChI=1S/C13H22N2O3S2/c1-10(2)5-3-4-8-15-12(16)9-11-6-7-13(19-11)20(14,17)18/h6-7,10H,3-5,8-9H2,1-2H3,(H,15,16)(H2,14,17,18). The fraction of sp³-hybridized carbons (Fsp3) is 0.615. The molecule has 0 saturated carbocycles. The minimum absolute atomic E-state index is 0.0858. The highest BCUT2D eigenvalue weighted by Gasteiger charge is 2.12. The second kappa shape index (κ2) is 7.75. The van der Waals surface area contributed by atoms with Gasteiger partial charge in [0.25, 0.3) is 0 Å². The molecular formula is C13H22N2O3S2. The number of unbranched alkanes of at least 4 members (excludes halogenated alkanes) is 1. The van der Waals surface area contributed by atoms with E-state index in [0.717, 1.165) is 24.2 Å². The van der Waals surface area contributed by atoms with Gasteiger partial charge in [-0.2, -0.15) is 0 Å². The largest absolute Gasteiger partial charge is 0.356 e. The molecule has 0 bridgehead atoms. The molecule has 0 saturated heterocycles. The third-order valence-electron chi connectivity index (χ3n) is 2.78. The van der Waals surface area contributed by atoms with Crippen molar-refractivity contribution in [3.05, 3.63) is 17.0 Å². The number of nitrogens with two attached hydrogens (primary N) is 1. The molecule has 7 heteroatoms. The summed E-state index contributed by atoms with van der Waals surface area (Å²) in [4.78, 5) is 12.4. The Morgan fingerprint density at radius 1 is 1.35 bits per heavy atom. The first-order valence-corrected chi connectivity index (χ1v) is 9.03. The van der Waals surface area contributed by atoms with Gasteiger partial charge in [-0.25, -0.2) is 13.6 Å². The number of rotatable bonds is 8. The second-order valence-corrected chi connectivity index (χ2v) is 8.14. The van der Waals surface area contributed by atoms with E-state index in [-0.39, 0.29) is 16.5 Å². The van der Waals surface area contributed by atoms with Crippen LogP contribution in [0.3, 0.4) is 0 Å². The molecule has 0 aromatic carbocycles. The van der Waals surface area contributed by atoms with Crippen LogP contribution in [0.1, 0.15) is 38.0 Å². The fourth-order valence-corrected chi connectivity index (χ4v) is 3.51. The maximum atomic E-state index is 11.7. The molecule has 3 N–H and O–H groups in total. The molecule has 114 valence electrons. The second-order valence-electron chi connectivity index (χ2n) is 5.18. The molecule has 1 heterocycles. The molecule has 20 heavy (non-hydrogen) atoms. The molecule has 0 aliphatic heterocycles. The lowest BCUT2D eigenvalue weighted by molar-refractivity contribution is -0.120. The molecular weight excluding hydrogens is 296 g/mol. The Labute approximate surface area is 124 Å². The zero-order valence-corrected chi connectivity index (χ0v) is 13.5. The Morgan fingerprint density at radius 2 is 2.05 bits per heavy atom. The van der Waals surface area contributed by atoms with E-state index in [9.17, 15) is 13.2 Å². The van der Waals surface area contributed by atoms with Crippen LogP contribution in [0.2, 0.25) is 0 Å². The SMILES string of the molecule is CC(C)CCCCNC(=O)Cc1ccc(S(N)(=O)=O)s1. The van der Waals surface area contributed by atoms with Gasteiger partial charge in [0.1, 0.15) is 4.21 Å². The average molecular weight is 318 g/mol. The van der Waals surface area contributed by atoms with Gasteiger partial charge in [0, 0.05) is 11.4 Å². The van der Waals surface area contributed by atoms with E-state index in [0.29, 0.717) is 17.3 Å². The number of nitrogens with one attached hydrogen (secondary N) is 1. The van der Waals surface area contributed by atoms with Gasteiger partial charge >= 0.3 is 0 Å². The van der Waals surface area contributed by atoms with Crippen molar-refractivity contribution in [2.45, 2.75) is 43.7 Å². The lowest BCUT2D eigenvalue weighted by Gasteiger charge is -2.06. The highest BCUT2D eigenvalue weighted by Crippen LogP contribution is 2.20. The molecule has 0 aliphatic carbocycles. The Hall–Kier alpha value is -0.920. The minimum atomic E-state index is -3.66. The summed E-state index contributed by atoms with van der Waals surface area (Å²) in [5, 5.41) is 7.86. The van der Waals surface area contributed by atoms with Crippen LogP contribution < -0.4 is 10.5 Å². The predicted octanol–water partition coefficient (Wildman–Crippen LogP) is 1.88. The molecule has 1 amide bonds. The highest BCUT2D eigenvalue weighted by molar-refractivity contribution is 7.91. The van der Waals surface area contributed by atoms with Crippen molar-refractivity contribution in [3.63, 3.8) is 0 Å². The van der Waals surface area contributed by atoms with E-state index in [4.69, 9.17) is 5.14 Å². The number of hydrogen-bond acceptors (Lipinski definition) is 4. The minimum Gasteiger partial charge on any atom is -0.356 e. The molecule has 1 aromatic heterocycles. The van der Waals surface area contributed by atoms with Gasteiger partial charge < -0.3 is 5.32 Å². The average Bonchev–Trinajstić information content (AvgIpc) is 2.76. The van der Waals surface area contributed by atoms with Crippen LogP contribution in [-0.2, 0) is 21.2 Å². The normalized spacial score (nSPS) is 11.8. The fourth-order valence-electron chi connectivity index (χ4n) is 1.73. The van der Waals surface area contributed by atoms with Crippen molar-refractivity contribution < 1.29 is 13.2 Å². The van der Waals surface area contributed by atoms with E-state index in [2.05, 4.69) is 19.2 Å². The number of sulfonamides is 1. The van der Waals surface area contributed by atoms with E-state index in [1.165, 1.54) is 12.5 Å². The Kier molecular flexibility index (Phi) is 6.64. The van der Waals surface area contributed by atoms with Crippen LogP contribution in [0, 0.1) is 5.92 Å². The van der Waals surface area contributed by atoms with Gasteiger partial charge in [0.15, 0.2) is 0 Å². The maximum absolute atomic E-state index is 11.7. The molecule has 0 fully saturated rings. The summed E-state index contributed by atoms with van der Waals surface area (Å²) in [6.07, 6.45) is 3.44. The smallest absolute Gasteiger partial charge is 0.247 e. The van der Waals surface area contributed by atoms with Crippen LogP contribution in [0.15, 0.2) is 16.3 Å². The van der Waals surface area contributed by atoms with Gasteiger partial charge in [-0.3, -0.25) is 4.79 Å². The maximum Gasteiger partial charge on any atom is 0.247 e. The summed E-state index contributed by atoms with van der Waals surface area (Å²) in [6.45, 7) is 5.02. The van der Waals surface area contributed by atoms with Crippen molar-refractivity contribution in [3.8, 4) is 0 Å². The number of amides is 1. The lowest BCUT2D eigenvalue weighted by Crippen LogP contribution is -2.25. The van der Waals surface area contributed by atoms with Crippen molar-refractivity contribution in [2.75, 3.05) is 6.54 Å². The van der Waals surface area contributed by atoms with Gasteiger partial charge in [0.05, 0.1) is 6.42 Å². The summed E-state index contributed by atoms with van der Waals surface area (Å²) >= 11 is 1.04. The molecule has 1 rings (SSSR count). The molecule has 0 unspecified atom stereocenters. The predicted molar refractivity (Wildman–Crippen MR) is 81.1 cm³/mol. The monoisotopic (exact) mass is 318 g/mol. The van der Waals surface area contributed by atoms with E-state index in [1.807, 2.05) is 0 Å². The number of carbonyl (C=O) groups excluding carboxylic acids is 1. The molecule has 0 spiro atoms. The summed E-state index contributed by atoms with van der Waals surface area (Å²) in [5.74, 6) is 0.603. The van der Waals surface area contributed by atoms with Crippen LogP contribution in [-0.4, -0.2) is 20.9 Å². The first-order chi connectivity index (χ1) is 9.29. The molecule has 0 radical (unpaired) electrons. The van der Waals surface area contributed by atoms with Crippen LogP contribution in [0.4, 0.5) is 0 Å². The Bertz CT molecular complexity index is 536. The van der Waals surface area contributed by atoms with Crippen LogP contribution >= 0.6 is 11.3 Å². The molecule has 0 aliphatic rings. The third-order valence-corrected chi connectivity index (χ3v) is 5.31. The topological polar surface area (TPSA) is 89.3 Å². The lowest BCUT2D eigenvalue weighted by atomic mass is 10.1. The molecule has 5 nitrogen and oxygen atoms in total. The van der Waals surface area contributed by atoms with Gasteiger partial charge in [-0.15, -0.1) is 11.3 Å². The van der Waals surface area contributed by atoms with Gasteiger partial charge in [0.2, 0.25) is 15.9 Å². The Balaban J connectivity index is 2.31. The first kappa shape index (κ1) is 17.1. The number of thiophene rings is 1. The summed E-state index contributed by atoms with van der Waals surface area (Å²) < 4.78 is 22.3. The van der Waals surface area contributed by atoms with E-state index < -0.39 is 10.0 Å². The van der Waals surface area contributed by atoms with Crippen molar-refractivity contribution >= 4 is 27.3 Å². The highest BCUT2D eigenvalue weighted by atomic mass is 32.2. The summed E-state index contributed by atoms with van der Waals surface area (Å²) in [5.41, 5.74) is 0. The summed E-state index contributed by atoms with van der Waals surface area (Å²) in [6, 6.07) is 3.06. The number of primary sulfonamides is 1. The van der Waals surface area contributed by atoms with Crippen molar-refractivity contribution in [1.82, 2.24) is 5.32 Å².